The number of halogens is 1. The van der Waals surface area contributed by atoms with E-state index in [2.05, 4.69) is 4.90 Å². The first-order valence-corrected chi connectivity index (χ1v) is 8.12. The van der Waals surface area contributed by atoms with Gasteiger partial charge in [0.2, 0.25) is 0 Å². The lowest BCUT2D eigenvalue weighted by Gasteiger charge is -2.38. The molecule has 1 aliphatic heterocycles. The second-order valence-corrected chi connectivity index (χ2v) is 6.10. The Morgan fingerprint density at radius 1 is 1.09 bits per heavy atom. The van der Waals surface area contributed by atoms with Crippen LogP contribution in [0.5, 0.6) is 5.75 Å². The highest BCUT2D eigenvalue weighted by molar-refractivity contribution is 5.77. The van der Waals surface area contributed by atoms with Gasteiger partial charge in [0, 0.05) is 32.2 Å². The molecule has 1 saturated carbocycles. The molecule has 1 aromatic carbocycles. The minimum Gasteiger partial charge on any atom is -0.484 e. The number of hydrogen-bond acceptors (Lipinski definition) is 3. The molecule has 0 atom stereocenters. The van der Waals surface area contributed by atoms with Gasteiger partial charge in [-0.05, 0) is 37.1 Å². The Bertz CT molecular complexity index is 492. The molecule has 0 spiro atoms. The second kappa shape index (κ2) is 7.09. The molecule has 2 fully saturated rings. The van der Waals surface area contributed by atoms with E-state index in [0.29, 0.717) is 5.75 Å². The van der Waals surface area contributed by atoms with Crippen molar-refractivity contribution in [1.29, 1.82) is 0 Å². The Labute approximate surface area is 130 Å². The molecule has 0 bridgehead atoms. The summed E-state index contributed by atoms with van der Waals surface area (Å²) in [6.45, 7) is 3.51. The second-order valence-electron chi connectivity index (χ2n) is 6.10. The Hall–Kier alpha value is -1.62. The molecule has 5 heteroatoms. The molecular weight excluding hydrogens is 283 g/mol. The van der Waals surface area contributed by atoms with E-state index < -0.39 is 0 Å². The van der Waals surface area contributed by atoms with E-state index in [1.165, 1.54) is 37.8 Å². The van der Waals surface area contributed by atoms with Gasteiger partial charge in [0.1, 0.15) is 11.6 Å². The maximum atomic E-state index is 12.8. The molecule has 1 saturated heterocycles. The normalized spacial score (nSPS) is 20.3. The third kappa shape index (κ3) is 3.77. The smallest absolute Gasteiger partial charge is 0.260 e. The quantitative estimate of drug-likeness (QED) is 0.855. The summed E-state index contributed by atoms with van der Waals surface area (Å²) in [7, 11) is 0. The number of piperazine rings is 1. The van der Waals surface area contributed by atoms with Crippen LogP contribution in [0.4, 0.5) is 4.39 Å². The minimum absolute atomic E-state index is 0.00963. The molecule has 1 heterocycles. The van der Waals surface area contributed by atoms with Gasteiger partial charge in [-0.3, -0.25) is 9.69 Å². The number of nitrogens with zero attached hydrogens (tertiary/aromatic N) is 2. The van der Waals surface area contributed by atoms with E-state index in [1.54, 1.807) is 12.1 Å². The molecule has 2 aliphatic rings. The molecule has 1 aliphatic carbocycles. The molecule has 22 heavy (non-hydrogen) atoms. The van der Waals surface area contributed by atoms with Crippen LogP contribution in [0.15, 0.2) is 24.3 Å². The third-order valence-corrected chi connectivity index (χ3v) is 4.68. The molecule has 0 radical (unpaired) electrons. The average molecular weight is 306 g/mol. The molecule has 0 N–H and O–H groups in total. The monoisotopic (exact) mass is 306 g/mol. The molecule has 1 amide bonds. The Kier molecular flexibility index (Phi) is 4.93. The topological polar surface area (TPSA) is 32.8 Å². The summed E-state index contributed by atoms with van der Waals surface area (Å²) < 4.78 is 18.2. The summed E-state index contributed by atoms with van der Waals surface area (Å²) in [5.74, 6) is 0.233. The highest BCUT2D eigenvalue weighted by Gasteiger charge is 2.27. The zero-order valence-electron chi connectivity index (χ0n) is 12.8. The highest BCUT2D eigenvalue weighted by Crippen LogP contribution is 2.24. The van der Waals surface area contributed by atoms with Gasteiger partial charge < -0.3 is 9.64 Å². The summed E-state index contributed by atoms with van der Waals surface area (Å²) in [5.41, 5.74) is 0. The summed E-state index contributed by atoms with van der Waals surface area (Å²) in [4.78, 5) is 16.6. The molecule has 3 rings (SSSR count). The van der Waals surface area contributed by atoms with Crippen LogP contribution in [0, 0.1) is 5.82 Å². The average Bonchev–Trinajstić information content (AvgIpc) is 3.09. The number of amides is 1. The van der Waals surface area contributed by atoms with Crippen LogP contribution >= 0.6 is 0 Å². The fourth-order valence-electron chi connectivity index (χ4n) is 3.37. The van der Waals surface area contributed by atoms with Crippen LogP contribution in [0.3, 0.4) is 0 Å². The standard InChI is InChI=1S/C17H23FN2O2/c18-14-5-7-16(8-6-14)22-13-17(21)20-11-9-19(10-12-20)15-3-1-2-4-15/h5-8,15H,1-4,9-13H2. The van der Waals surface area contributed by atoms with Crippen LogP contribution in [-0.4, -0.2) is 54.5 Å². The van der Waals surface area contributed by atoms with Gasteiger partial charge in [0.05, 0.1) is 0 Å². The first-order valence-electron chi connectivity index (χ1n) is 8.12. The van der Waals surface area contributed by atoms with Crippen molar-refractivity contribution in [2.75, 3.05) is 32.8 Å². The molecule has 4 nitrogen and oxygen atoms in total. The van der Waals surface area contributed by atoms with Gasteiger partial charge in [-0.25, -0.2) is 4.39 Å². The SMILES string of the molecule is O=C(COc1ccc(F)cc1)N1CCN(C2CCCC2)CC1. The van der Waals surface area contributed by atoms with Crippen LogP contribution in [0.1, 0.15) is 25.7 Å². The van der Waals surface area contributed by atoms with Crippen molar-refractivity contribution in [3.8, 4) is 5.75 Å². The van der Waals surface area contributed by atoms with E-state index in [0.717, 1.165) is 32.2 Å². The van der Waals surface area contributed by atoms with Crippen LogP contribution < -0.4 is 4.74 Å². The van der Waals surface area contributed by atoms with Crippen molar-refractivity contribution < 1.29 is 13.9 Å². The fourth-order valence-corrected chi connectivity index (χ4v) is 3.37. The highest BCUT2D eigenvalue weighted by atomic mass is 19.1. The van der Waals surface area contributed by atoms with E-state index >= 15 is 0 Å². The summed E-state index contributed by atoms with van der Waals surface area (Å²) in [5, 5.41) is 0. The number of hydrogen-bond donors (Lipinski definition) is 0. The largest absolute Gasteiger partial charge is 0.484 e. The lowest BCUT2D eigenvalue weighted by molar-refractivity contribution is -0.135. The Balaban J connectivity index is 1.42. The zero-order chi connectivity index (χ0) is 15.4. The van der Waals surface area contributed by atoms with Crippen LogP contribution in [-0.2, 0) is 4.79 Å². The zero-order valence-corrected chi connectivity index (χ0v) is 12.8. The summed E-state index contributed by atoms with van der Waals surface area (Å²) in [6.07, 6.45) is 5.30. The molecule has 120 valence electrons. The molecular formula is C17H23FN2O2. The predicted octanol–water partition coefficient (Wildman–Crippen LogP) is 2.29. The van der Waals surface area contributed by atoms with Crippen LogP contribution in [0.2, 0.25) is 0 Å². The molecule has 1 aromatic rings. The van der Waals surface area contributed by atoms with E-state index in [-0.39, 0.29) is 18.3 Å². The summed E-state index contributed by atoms with van der Waals surface area (Å²) in [6, 6.07) is 6.48. The van der Waals surface area contributed by atoms with Crippen LogP contribution in [0.25, 0.3) is 0 Å². The Morgan fingerprint density at radius 2 is 1.73 bits per heavy atom. The maximum Gasteiger partial charge on any atom is 0.260 e. The molecule has 0 unspecified atom stereocenters. The fraction of sp³-hybridized carbons (Fsp3) is 0.588. The van der Waals surface area contributed by atoms with Crippen molar-refractivity contribution in [3.05, 3.63) is 30.1 Å². The van der Waals surface area contributed by atoms with E-state index in [9.17, 15) is 9.18 Å². The van der Waals surface area contributed by atoms with Gasteiger partial charge in [0.25, 0.3) is 5.91 Å². The van der Waals surface area contributed by atoms with Gasteiger partial charge in [0.15, 0.2) is 6.61 Å². The number of rotatable bonds is 4. The summed E-state index contributed by atoms with van der Waals surface area (Å²) >= 11 is 0. The molecule has 0 aromatic heterocycles. The van der Waals surface area contributed by atoms with Crippen molar-refractivity contribution in [1.82, 2.24) is 9.80 Å². The first-order chi connectivity index (χ1) is 10.7. The Morgan fingerprint density at radius 3 is 2.36 bits per heavy atom. The van der Waals surface area contributed by atoms with Crippen molar-refractivity contribution in [3.63, 3.8) is 0 Å². The minimum atomic E-state index is -0.304. The number of carbonyl (C=O) groups is 1. The number of carbonyl (C=O) groups excluding carboxylic acids is 1. The lowest BCUT2D eigenvalue weighted by Crippen LogP contribution is -2.52. The van der Waals surface area contributed by atoms with Gasteiger partial charge in [-0.2, -0.15) is 0 Å². The van der Waals surface area contributed by atoms with Gasteiger partial charge >= 0.3 is 0 Å². The predicted molar refractivity (Wildman–Crippen MR) is 82.3 cm³/mol. The maximum absolute atomic E-state index is 12.8. The number of benzene rings is 1. The van der Waals surface area contributed by atoms with Crippen molar-refractivity contribution in [2.45, 2.75) is 31.7 Å². The van der Waals surface area contributed by atoms with Gasteiger partial charge in [-0.1, -0.05) is 12.8 Å². The lowest BCUT2D eigenvalue weighted by atomic mass is 10.2. The van der Waals surface area contributed by atoms with Gasteiger partial charge in [-0.15, -0.1) is 0 Å². The van der Waals surface area contributed by atoms with E-state index in [4.69, 9.17) is 4.74 Å². The number of ether oxygens (including phenoxy) is 1. The first kappa shape index (κ1) is 15.3. The van der Waals surface area contributed by atoms with Crippen molar-refractivity contribution in [2.24, 2.45) is 0 Å². The van der Waals surface area contributed by atoms with E-state index in [1.807, 2.05) is 4.90 Å². The third-order valence-electron chi connectivity index (χ3n) is 4.68. The van der Waals surface area contributed by atoms with Crippen molar-refractivity contribution >= 4 is 5.91 Å².